The number of hydrogen-bond donors (Lipinski definition) is 3. The van der Waals surface area contributed by atoms with Gasteiger partial charge in [-0.1, -0.05) is 84.9 Å². The lowest BCUT2D eigenvalue weighted by atomic mass is 9.98. The number of esters is 1. The largest absolute Gasteiger partial charge is 0.489 e. The van der Waals surface area contributed by atoms with Gasteiger partial charge < -0.3 is 25.2 Å². The molecular formula is C37H44N2O6S. The summed E-state index contributed by atoms with van der Waals surface area (Å²) in [5.41, 5.74) is 3.20. The van der Waals surface area contributed by atoms with E-state index in [0.717, 1.165) is 22.6 Å². The summed E-state index contributed by atoms with van der Waals surface area (Å²) in [4.78, 5) is 38.9. The molecule has 3 atom stereocenters. The molecule has 4 rings (SSSR count). The minimum Gasteiger partial charge on any atom is -0.489 e. The van der Waals surface area contributed by atoms with Gasteiger partial charge in [0.2, 0.25) is 11.8 Å². The fourth-order valence-electron chi connectivity index (χ4n) is 5.05. The predicted molar refractivity (Wildman–Crippen MR) is 181 cm³/mol. The fourth-order valence-corrected chi connectivity index (χ4v) is 6.06. The summed E-state index contributed by atoms with van der Waals surface area (Å²) >= 11 is 1.65. The van der Waals surface area contributed by atoms with E-state index in [1.165, 1.54) is 5.56 Å². The summed E-state index contributed by atoms with van der Waals surface area (Å²) in [6.45, 7) is 0.320. The Kier molecular flexibility index (Phi) is 14.7. The normalized spacial score (nSPS) is 18.2. The molecule has 0 fully saturated rings. The number of cyclic esters (lactones) is 1. The summed E-state index contributed by atoms with van der Waals surface area (Å²) in [6, 6.07) is 26.7. The van der Waals surface area contributed by atoms with Crippen molar-refractivity contribution in [3.8, 4) is 5.75 Å². The zero-order valence-corrected chi connectivity index (χ0v) is 27.0. The molecule has 0 saturated carbocycles. The molecule has 0 spiro atoms. The molecule has 1 heterocycles. The number of aliphatic hydroxyl groups excluding tert-OH is 1. The average molecular weight is 645 g/mol. The van der Waals surface area contributed by atoms with Crippen molar-refractivity contribution in [2.45, 2.75) is 63.0 Å². The third-order valence-electron chi connectivity index (χ3n) is 7.60. The van der Waals surface area contributed by atoms with Gasteiger partial charge in [0.15, 0.2) is 0 Å². The summed E-state index contributed by atoms with van der Waals surface area (Å²) < 4.78 is 11.4. The van der Waals surface area contributed by atoms with E-state index in [2.05, 4.69) is 10.6 Å². The summed E-state index contributed by atoms with van der Waals surface area (Å²) in [5.74, 6) is 0.622. The van der Waals surface area contributed by atoms with Crippen molar-refractivity contribution in [1.29, 1.82) is 0 Å². The van der Waals surface area contributed by atoms with Crippen molar-refractivity contribution in [3.05, 3.63) is 114 Å². The standard InChI is InChI=1S/C37H44N2O6S/c40-23-32(21-28-17-19-34(20-18-28)44-24-29-11-5-3-6-12-29)38-35(41)22-31-15-9-1-2-10-16-36(42)45-25-33(39-37(31)43)27-46-26-30-13-7-4-8-14-30/h1,3-9,11-14,17-20,31-33,40H,2,10,15-16,21-27H2,(H,38,41)(H,39,43). The number of rotatable bonds is 13. The molecule has 0 aliphatic carbocycles. The number of allylic oxidation sites excluding steroid dienone is 2. The second-order valence-corrected chi connectivity index (χ2v) is 12.5. The highest BCUT2D eigenvalue weighted by atomic mass is 32.2. The lowest BCUT2D eigenvalue weighted by Crippen LogP contribution is -2.45. The molecule has 3 N–H and O–H groups in total. The van der Waals surface area contributed by atoms with Crippen LogP contribution in [0.25, 0.3) is 0 Å². The van der Waals surface area contributed by atoms with Crippen molar-refractivity contribution in [2.24, 2.45) is 5.92 Å². The number of hydrogen-bond acceptors (Lipinski definition) is 7. The van der Waals surface area contributed by atoms with Crippen molar-refractivity contribution in [3.63, 3.8) is 0 Å². The molecule has 8 nitrogen and oxygen atoms in total. The summed E-state index contributed by atoms with van der Waals surface area (Å²) in [6.07, 6.45) is 6.33. The molecular weight excluding hydrogens is 600 g/mol. The van der Waals surface area contributed by atoms with E-state index >= 15 is 0 Å². The molecule has 46 heavy (non-hydrogen) atoms. The Bertz CT molecular complexity index is 1380. The number of carbonyl (C=O) groups is 3. The number of benzene rings is 3. The van der Waals surface area contributed by atoms with E-state index in [-0.39, 0.29) is 43.5 Å². The molecule has 3 unspecified atom stereocenters. The monoisotopic (exact) mass is 644 g/mol. The first-order valence-corrected chi connectivity index (χ1v) is 17.0. The Morgan fingerprint density at radius 1 is 0.957 bits per heavy atom. The Hall–Kier alpha value is -4.08. The smallest absolute Gasteiger partial charge is 0.305 e. The van der Waals surface area contributed by atoms with Gasteiger partial charge in [-0.25, -0.2) is 0 Å². The third kappa shape index (κ3) is 12.7. The van der Waals surface area contributed by atoms with Crippen LogP contribution in [-0.2, 0) is 37.9 Å². The van der Waals surface area contributed by atoms with Crippen LogP contribution in [0.15, 0.2) is 97.1 Å². The number of aliphatic hydroxyl groups is 1. The van der Waals surface area contributed by atoms with E-state index in [4.69, 9.17) is 9.47 Å². The van der Waals surface area contributed by atoms with Crippen LogP contribution in [0.3, 0.4) is 0 Å². The number of ether oxygens (including phenoxy) is 2. The highest BCUT2D eigenvalue weighted by molar-refractivity contribution is 7.98. The molecule has 3 aromatic rings. The lowest BCUT2D eigenvalue weighted by Gasteiger charge is -2.23. The van der Waals surface area contributed by atoms with E-state index in [0.29, 0.717) is 44.5 Å². The zero-order valence-electron chi connectivity index (χ0n) is 26.1. The summed E-state index contributed by atoms with van der Waals surface area (Å²) in [7, 11) is 0. The minimum atomic E-state index is -0.602. The maximum atomic E-state index is 13.5. The van der Waals surface area contributed by atoms with Crippen LogP contribution >= 0.6 is 11.8 Å². The van der Waals surface area contributed by atoms with E-state index in [9.17, 15) is 19.5 Å². The Labute approximate surface area is 276 Å². The first kappa shape index (κ1) is 34.8. The van der Waals surface area contributed by atoms with E-state index in [1.807, 2.05) is 97.1 Å². The van der Waals surface area contributed by atoms with Crippen LogP contribution in [0, 0.1) is 5.92 Å². The molecule has 0 radical (unpaired) electrons. The van der Waals surface area contributed by atoms with Gasteiger partial charge in [-0.2, -0.15) is 11.8 Å². The van der Waals surface area contributed by atoms with Crippen LogP contribution < -0.4 is 15.4 Å². The van der Waals surface area contributed by atoms with Crippen LogP contribution in [0.4, 0.5) is 0 Å². The van der Waals surface area contributed by atoms with Gasteiger partial charge in [-0.3, -0.25) is 14.4 Å². The number of nitrogens with one attached hydrogen (secondary N) is 2. The average Bonchev–Trinajstić information content (AvgIpc) is 3.09. The predicted octanol–water partition coefficient (Wildman–Crippen LogP) is 5.38. The van der Waals surface area contributed by atoms with Gasteiger partial charge in [0.25, 0.3) is 0 Å². The first-order valence-electron chi connectivity index (χ1n) is 15.9. The van der Waals surface area contributed by atoms with Crippen molar-refractivity contribution in [2.75, 3.05) is 19.0 Å². The van der Waals surface area contributed by atoms with Gasteiger partial charge in [0.05, 0.1) is 24.6 Å². The maximum Gasteiger partial charge on any atom is 0.305 e. The van der Waals surface area contributed by atoms with Crippen LogP contribution in [0.1, 0.15) is 48.8 Å². The van der Waals surface area contributed by atoms with Crippen molar-refractivity contribution in [1.82, 2.24) is 10.6 Å². The van der Waals surface area contributed by atoms with Crippen LogP contribution in [0.2, 0.25) is 0 Å². The molecule has 2 amide bonds. The Balaban J connectivity index is 1.31. The van der Waals surface area contributed by atoms with Gasteiger partial charge >= 0.3 is 5.97 Å². The molecule has 3 aromatic carbocycles. The molecule has 1 aliphatic rings. The fraction of sp³-hybridized carbons (Fsp3) is 0.378. The van der Waals surface area contributed by atoms with Gasteiger partial charge in [0, 0.05) is 24.3 Å². The second-order valence-electron chi connectivity index (χ2n) is 11.5. The SMILES string of the molecule is O=C(CC1CC=CCCCC(=O)OCC(CSCc2ccccc2)NC1=O)NC(CO)Cc1ccc(OCc2ccccc2)cc1. The quantitative estimate of drug-likeness (QED) is 0.169. The molecule has 244 valence electrons. The lowest BCUT2D eigenvalue weighted by molar-refractivity contribution is -0.145. The van der Waals surface area contributed by atoms with Gasteiger partial charge in [-0.15, -0.1) is 0 Å². The number of amides is 2. The summed E-state index contributed by atoms with van der Waals surface area (Å²) in [5, 5.41) is 16.0. The van der Waals surface area contributed by atoms with Crippen LogP contribution in [-0.4, -0.2) is 53.9 Å². The number of thioether (sulfide) groups is 1. The first-order chi connectivity index (χ1) is 22.5. The number of carbonyl (C=O) groups excluding carboxylic acids is 3. The molecule has 0 bridgehead atoms. The Morgan fingerprint density at radius 3 is 2.39 bits per heavy atom. The topological polar surface area (TPSA) is 114 Å². The van der Waals surface area contributed by atoms with Gasteiger partial charge in [0.1, 0.15) is 19.0 Å². The van der Waals surface area contributed by atoms with Crippen LogP contribution in [0.5, 0.6) is 5.75 Å². The highest BCUT2D eigenvalue weighted by Gasteiger charge is 2.25. The maximum absolute atomic E-state index is 13.5. The Morgan fingerprint density at radius 2 is 1.67 bits per heavy atom. The van der Waals surface area contributed by atoms with E-state index in [1.54, 1.807) is 11.8 Å². The van der Waals surface area contributed by atoms with E-state index < -0.39 is 12.0 Å². The second kappa shape index (κ2) is 19.4. The van der Waals surface area contributed by atoms with Crippen molar-refractivity contribution < 1.29 is 29.0 Å². The van der Waals surface area contributed by atoms with Gasteiger partial charge in [-0.05, 0) is 54.5 Å². The third-order valence-corrected chi connectivity index (χ3v) is 8.78. The molecule has 0 saturated heterocycles. The molecule has 1 aliphatic heterocycles. The van der Waals surface area contributed by atoms with Crippen molar-refractivity contribution >= 4 is 29.5 Å². The molecule has 0 aromatic heterocycles. The molecule has 9 heteroatoms. The highest BCUT2D eigenvalue weighted by Crippen LogP contribution is 2.18. The zero-order chi connectivity index (χ0) is 32.4. The minimum absolute atomic E-state index is 0.0252.